The van der Waals surface area contributed by atoms with Crippen LogP contribution in [0.15, 0.2) is 53.1 Å². The van der Waals surface area contributed by atoms with Gasteiger partial charge in [0.1, 0.15) is 11.5 Å². The van der Waals surface area contributed by atoms with Crippen molar-refractivity contribution in [1.29, 1.82) is 0 Å². The summed E-state index contributed by atoms with van der Waals surface area (Å²) in [7, 11) is 0. The number of amides is 1. The molecule has 0 atom stereocenters. The number of nitrogens with one attached hydrogen (secondary N) is 1. The van der Waals surface area contributed by atoms with Gasteiger partial charge < -0.3 is 9.26 Å². The second-order valence-electron chi connectivity index (χ2n) is 5.42. The number of carbonyl (C=O) groups is 2. The lowest BCUT2D eigenvalue weighted by atomic mass is 10.1. The van der Waals surface area contributed by atoms with E-state index in [-0.39, 0.29) is 29.3 Å². The third-order valence-electron chi connectivity index (χ3n) is 3.62. The zero-order chi connectivity index (χ0) is 19.4. The van der Waals surface area contributed by atoms with Crippen molar-refractivity contribution in [2.75, 3.05) is 11.9 Å². The summed E-state index contributed by atoms with van der Waals surface area (Å²) in [6.45, 7) is 1.79. The van der Waals surface area contributed by atoms with Crippen molar-refractivity contribution in [3.63, 3.8) is 0 Å². The Morgan fingerprint density at radius 3 is 2.44 bits per heavy atom. The van der Waals surface area contributed by atoms with E-state index in [4.69, 9.17) is 20.9 Å². The first kappa shape index (κ1) is 18.6. The summed E-state index contributed by atoms with van der Waals surface area (Å²) >= 11 is 5.89. The molecule has 0 saturated heterocycles. The van der Waals surface area contributed by atoms with Crippen LogP contribution in [0.5, 0.6) is 0 Å². The van der Waals surface area contributed by atoms with Gasteiger partial charge in [0.2, 0.25) is 5.88 Å². The van der Waals surface area contributed by atoms with Gasteiger partial charge in [-0.1, -0.05) is 28.9 Å². The van der Waals surface area contributed by atoms with Crippen molar-refractivity contribution in [3.8, 4) is 11.3 Å². The summed E-state index contributed by atoms with van der Waals surface area (Å²) in [6.07, 6.45) is 0. The number of hydrogen-bond acceptors (Lipinski definition) is 5. The number of nitrogens with zero attached hydrogens (tertiary/aromatic N) is 1. The number of hydrogen-bond donors (Lipinski definition) is 1. The van der Waals surface area contributed by atoms with E-state index in [2.05, 4.69) is 10.5 Å². The van der Waals surface area contributed by atoms with Crippen molar-refractivity contribution in [2.45, 2.75) is 6.92 Å². The summed E-state index contributed by atoms with van der Waals surface area (Å²) in [6, 6.07) is 11.5. The van der Waals surface area contributed by atoms with Gasteiger partial charge in [0, 0.05) is 16.1 Å². The SMILES string of the molecule is CCOC(=O)c1c(-c2ccc(Cl)cc2)noc1NC(=O)c1ccc(F)cc1. The minimum absolute atomic E-state index is 0.0189. The fourth-order valence-electron chi connectivity index (χ4n) is 2.35. The molecule has 0 aliphatic heterocycles. The van der Waals surface area contributed by atoms with E-state index in [0.29, 0.717) is 10.6 Å². The lowest BCUT2D eigenvalue weighted by Gasteiger charge is -2.06. The molecule has 138 valence electrons. The van der Waals surface area contributed by atoms with Gasteiger partial charge in [-0.15, -0.1) is 0 Å². The maximum absolute atomic E-state index is 13.0. The first-order chi connectivity index (χ1) is 13.0. The summed E-state index contributed by atoms with van der Waals surface area (Å²) in [5.41, 5.74) is 0.943. The number of benzene rings is 2. The van der Waals surface area contributed by atoms with Gasteiger partial charge in [0.05, 0.1) is 6.61 Å². The highest BCUT2D eigenvalue weighted by molar-refractivity contribution is 6.30. The molecule has 0 aliphatic carbocycles. The van der Waals surface area contributed by atoms with Crippen molar-refractivity contribution in [2.24, 2.45) is 0 Å². The van der Waals surface area contributed by atoms with Gasteiger partial charge in [0.25, 0.3) is 5.91 Å². The van der Waals surface area contributed by atoms with Gasteiger partial charge in [-0.3, -0.25) is 10.1 Å². The Labute approximate surface area is 158 Å². The molecule has 0 saturated carbocycles. The van der Waals surface area contributed by atoms with Gasteiger partial charge in [0.15, 0.2) is 5.56 Å². The van der Waals surface area contributed by atoms with E-state index < -0.39 is 17.7 Å². The minimum Gasteiger partial charge on any atom is -0.462 e. The molecule has 3 aromatic rings. The van der Waals surface area contributed by atoms with Crippen LogP contribution in [0.25, 0.3) is 11.3 Å². The maximum Gasteiger partial charge on any atom is 0.346 e. The van der Waals surface area contributed by atoms with E-state index in [9.17, 15) is 14.0 Å². The van der Waals surface area contributed by atoms with E-state index >= 15 is 0 Å². The smallest absolute Gasteiger partial charge is 0.346 e. The van der Waals surface area contributed by atoms with Crippen LogP contribution in [0.4, 0.5) is 10.3 Å². The summed E-state index contributed by atoms with van der Waals surface area (Å²) < 4.78 is 23.2. The number of carbonyl (C=O) groups excluding carboxylic acids is 2. The summed E-state index contributed by atoms with van der Waals surface area (Å²) in [5.74, 6) is -1.91. The van der Waals surface area contributed by atoms with Crippen LogP contribution < -0.4 is 5.32 Å². The van der Waals surface area contributed by atoms with Crippen molar-refractivity contribution < 1.29 is 23.2 Å². The highest BCUT2D eigenvalue weighted by Gasteiger charge is 2.27. The van der Waals surface area contributed by atoms with Crippen molar-refractivity contribution >= 4 is 29.4 Å². The molecule has 0 fully saturated rings. The van der Waals surface area contributed by atoms with Gasteiger partial charge in [-0.05, 0) is 43.3 Å². The van der Waals surface area contributed by atoms with E-state index in [0.717, 1.165) is 12.1 Å². The largest absolute Gasteiger partial charge is 0.462 e. The molecule has 6 nitrogen and oxygen atoms in total. The maximum atomic E-state index is 13.0. The second kappa shape index (κ2) is 8.01. The molecule has 8 heteroatoms. The molecule has 0 bridgehead atoms. The molecule has 0 unspecified atom stereocenters. The molecule has 0 radical (unpaired) electrons. The fraction of sp³-hybridized carbons (Fsp3) is 0.105. The van der Waals surface area contributed by atoms with E-state index in [1.165, 1.54) is 12.1 Å². The number of ether oxygens (including phenoxy) is 1. The highest BCUT2D eigenvalue weighted by atomic mass is 35.5. The Hall–Kier alpha value is -3.19. The normalized spacial score (nSPS) is 10.5. The number of esters is 1. The van der Waals surface area contributed by atoms with Crippen LogP contribution in [0.1, 0.15) is 27.6 Å². The first-order valence-corrected chi connectivity index (χ1v) is 8.37. The molecule has 0 aliphatic rings. The monoisotopic (exact) mass is 388 g/mol. The average Bonchev–Trinajstić information content (AvgIpc) is 3.06. The molecular formula is C19H14ClFN2O4. The number of aromatic nitrogens is 1. The number of rotatable bonds is 5. The minimum atomic E-state index is -0.696. The molecule has 1 heterocycles. The Morgan fingerprint density at radius 1 is 1.15 bits per heavy atom. The Balaban J connectivity index is 1.97. The second-order valence-corrected chi connectivity index (χ2v) is 5.86. The quantitative estimate of drug-likeness (QED) is 0.648. The lowest BCUT2D eigenvalue weighted by molar-refractivity contribution is 0.0528. The molecule has 27 heavy (non-hydrogen) atoms. The third kappa shape index (κ3) is 4.15. The van der Waals surface area contributed by atoms with Gasteiger partial charge >= 0.3 is 5.97 Å². The molecule has 2 aromatic carbocycles. The summed E-state index contributed by atoms with van der Waals surface area (Å²) in [4.78, 5) is 24.8. The number of halogens is 2. The van der Waals surface area contributed by atoms with Crippen molar-refractivity contribution in [3.05, 3.63) is 70.5 Å². The zero-order valence-electron chi connectivity index (χ0n) is 14.2. The van der Waals surface area contributed by atoms with Gasteiger partial charge in [-0.25, -0.2) is 9.18 Å². The molecule has 0 spiro atoms. The van der Waals surface area contributed by atoms with Gasteiger partial charge in [-0.2, -0.15) is 0 Å². The van der Waals surface area contributed by atoms with Crippen LogP contribution in [0.3, 0.4) is 0 Å². The van der Waals surface area contributed by atoms with Crippen LogP contribution in [-0.4, -0.2) is 23.6 Å². The lowest BCUT2D eigenvalue weighted by Crippen LogP contribution is -2.15. The molecule has 1 amide bonds. The third-order valence-corrected chi connectivity index (χ3v) is 3.87. The standard InChI is InChI=1S/C19H14ClFN2O4/c1-2-26-19(25)15-16(11-3-7-13(20)8-4-11)23-27-18(15)22-17(24)12-5-9-14(21)10-6-12/h3-10H,2H2,1H3,(H,22,24). The zero-order valence-corrected chi connectivity index (χ0v) is 14.9. The Kier molecular flexibility index (Phi) is 5.52. The predicted octanol–water partition coefficient (Wildman–Crippen LogP) is 4.56. The van der Waals surface area contributed by atoms with Crippen LogP contribution >= 0.6 is 11.6 Å². The topological polar surface area (TPSA) is 81.4 Å². The fourth-order valence-corrected chi connectivity index (χ4v) is 2.48. The van der Waals surface area contributed by atoms with E-state index in [1.807, 2.05) is 0 Å². The molecular weight excluding hydrogens is 375 g/mol. The summed E-state index contributed by atoms with van der Waals surface area (Å²) in [5, 5.41) is 6.87. The Morgan fingerprint density at radius 2 is 1.81 bits per heavy atom. The first-order valence-electron chi connectivity index (χ1n) is 7.99. The van der Waals surface area contributed by atoms with Crippen LogP contribution in [0, 0.1) is 5.82 Å². The van der Waals surface area contributed by atoms with Crippen molar-refractivity contribution in [1.82, 2.24) is 5.16 Å². The molecule has 3 rings (SSSR count). The predicted molar refractivity (Wildman–Crippen MR) is 97.3 cm³/mol. The van der Waals surface area contributed by atoms with E-state index in [1.54, 1.807) is 31.2 Å². The molecule has 1 N–H and O–H groups in total. The van der Waals surface area contributed by atoms with Crippen LogP contribution in [-0.2, 0) is 4.74 Å². The highest BCUT2D eigenvalue weighted by Crippen LogP contribution is 2.30. The average molecular weight is 389 g/mol. The number of anilines is 1. The Bertz CT molecular complexity index is 968. The molecule has 1 aromatic heterocycles. The van der Waals surface area contributed by atoms with Crippen LogP contribution in [0.2, 0.25) is 5.02 Å².